The van der Waals surface area contributed by atoms with Gasteiger partial charge in [0.25, 0.3) is 0 Å². The molecule has 2 aromatic rings. The van der Waals surface area contributed by atoms with Crippen LogP contribution in [0.15, 0.2) is 47.4 Å². The molecule has 0 aromatic heterocycles. The molecule has 2 aromatic carbocycles. The molecule has 2 N–H and O–H groups in total. The summed E-state index contributed by atoms with van der Waals surface area (Å²) in [5, 5.41) is 2.75. The van der Waals surface area contributed by atoms with Gasteiger partial charge in [-0.15, -0.1) is 0 Å². The van der Waals surface area contributed by atoms with Crippen LogP contribution in [0.4, 0.5) is 5.69 Å². The van der Waals surface area contributed by atoms with E-state index in [0.717, 1.165) is 16.7 Å². The molecular formula is C20H24N2O5S2. The smallest absolute Gasteiger partial charge is 0.240 e. The van der Waals surface area contributed by atoms with E-state index in [9.17, 15) is 21.6 Å². The first kappa shape index (κ1) is 21.5. The predicted octanol–water partition coefficient (Wildman–Crippen LogP) is 1.95. The lowest BCUT2D eigenvalue weighted by atomic mass is 10.0. The summed E-state index contributed by atoms with van der Waals surface area (Å²) in [6.07, 6.45) is 0.493. The van der Waals surface area contributed by atoms with Crippen LogP contribution in [0.1, 0.15) is 23.1 Å². The summed E-state index contributed by atoms with van der Waals surface area (Å²) in [5.74, 6) is -0.386. The van der Waals surface area contributed by atoms with Crippen LogP contribution in [0.3, 0.4) is 0 Å². The SMILES string of the molecule is Cc1ccc(CC(=O)Nc2ccc(S(=O)(=O)N[C@H]3CCS(=O)(=O)C3)cc2)cc1C. The number of sulfone groups is 1. The Bertz CT molecular complexity index is 1120. The van der Waals surface area contributed by atoms with Gasteiger partial charge in [-0.1, -0.05) is 18.2 Å². The number of carbonyl (C=O) groups is 1. The third-order valence-corrected chi connectivity index (χ3v) is 8.24. The maximum absolute atomic E-state index is 12.4. The lowest BCUT2D eigenvalue weighted by Gasteiger charge is -2.12. The molecule has 0 spiro atoms. The van der Waals surface area contributed by atoms with Gasteiger partial charge in [0.1, 0.15) is 0 Å². The zero-order valence-electron chi connectivity index (χ0n) is 16.3. The van der Waals surface area contributed by atoms with Crippen LogP contribution in [-0.2, 0) is 31.1 Å². The van der Waals surface area contributed by atoms with E-state index in [1.54, 1.807) is 0 Å². The number of carbonyl (C=O) groups excluding carboxylic acids is 1. The Kier molecular flexibility index (Phi) is 6.11. The third kappa shape index (κ3) is 5.65. The molecule has 3 rings (SSSR count). The molecule has 0 radical (unpaired) electrons. The average Bonchev–Trinajstić information content (AvgIpc) is 2.96. The van der Waals surface area contributed by atoms with Crippen molar-refractivity contribution in [2.45, 2.75) is 37.6 Å². The van der Waals surface area contributed by atoms with Gasteiger partial charge in [-0.2, -0.15) is 0 Å². The number of rotatable bonds is 6. The van der Waals surface area contributed by atoms with Gasteiger partial charge in [-0.3, -0.25) is 4.79 Å². The van der Waals surface area contributed by atoms with Gasteiger partial charge in [0.05, 0.1) is 22.8 Å². The van der Waals surface area contributed by atoms with Crippen molar-refractivity contribution in [1.29, 1.82) is 0 Å². The number of amides is 1. The van der Waals surface area contributed by atoms with E-state index in [1.807, 2.05) is 32.0 Å². The maximum atomic E-state index is 12.4. The van der Waals surface area contributed by atoms with Crippen LogP contribution in [0.5, 0.6) is 0 Å². The van der Waals surface area contributed by atoms with Crippen LogP contribution < -0.4 is 10.0 Å². The minimum atomic E-state index is -3.82. The van der Waals surface area contributed by atoms with Crippen molar-refractivity contribution in [2.75, 3.05) is 16.8 Å². The van der Waals surface area contributed by atoms with Crippen molar-refractivity contribution >= 4 is 31.5 Å². The highest BCUT2D eigenvalue weighted by Crippen LogP contribution is 2.18. The minimum Gasteiger partial charge on any atom is -0.326 e. The first-order chi connectivity index (χ1) is 13.5. The van der Waals surface area contributed by atoms with Gasteiger partial charge in [0.15, 0.2) is 9.84 Å². The topological polar surface area (TPSA) is 109 Å². The summed E-state index contributed by atoms with van der Waals surface area (Å²) < 4.78 is 50.3. The summed E-state index contributed by atoms with van der Waals surface area (Å²) in [4.78, 5) is 12.3. The molecule has 1 heterocycles. The molecular weight excluding hydrogens is 412 g/mol. The van der Waals surface area contributed by atoms with Crippen LogP contribution in [-0.4, -0.2) is 40.3 Å². The first-order valence-corrected chi connectivity index (χ1v) is 12.5. The van der Waals surface area contributed by atoms with E-state index in [1.165, 1.54) is 24.3 Å². The van der Waals surface area contributed by atoms with E-state index in [-0.39, 0.29) is 35.2 Å². The Morgan fingerprint density at radius 3 is 2.34 bits per heavy atom. The van der Waals surface area contributed by atoms with Gasteiger partial charge < -0.3 is 5.32 Å². The Hall–Kier alpha value is -2.23. The van der Waals surface area contributed by atoms with Crippen molar-refractivity contribution in [1.82, 2.24) is 4.72 Å². The molecule has 1 aliphatic heterocycles. The van der Waals surface area contributed by atoms with Gasteiger partial charge in [0.2, 0.25) is 15.9 Å². The number of benzene rings is 2. The molecule has 9 heteroatoms. The normalized spacial score (nSPS) is 18.5. The van der Waals surface area contributed by atoms with Crippen molar-refractivity contribution in [3.05, 3.63) is 59.2 Å². The van der Waals surface area contributed by atoms with E-state index in [4.69, 9.17) is 0 Å². The molecule has 0 aliphatic carbocycles. The highest BCUT2D eigenvalue weighted by molar-refractivity contribution is 7.92. The van der Waals surface area contributed by atoms with Gasteiger partial charge in [-0.05, 0) is 61.2 Å². The number of anilines is 1. The van der Waals surface area contributed by atoms with Crippen LogP contribution >= 0.6 is 0 Å². The Morgan fingerprint density at radius 1 is 1.07 bits per heavy atom. The molecule has 0 saturated carbocycles. The third-order valence-electron chi connectivity index (χ3n) is 4.94. The van der Waals surface area contributed by atoms with Crippen LogP contribution in [0.25, 0.3) is 0 Å². The van der Waals surface area contributed by atoms with Crippen molar-refractivity contribution in [2.24, 2.45) is 0 Å². The first-order valence-electron chi connectivity index (χ1n) is 9.23. The standard InChI is InChI=1S/C20H24N2O5S2/c1-14-3-4-16(11-15(14)2)12-20(23)21-17-5-7-19(8-6-17)29(26,27)22-18-9-10-28(24,25)13-18/h3-8,11,18,22H,9-10,12-13H2,1-2H3,(H,21,23)/t18-/m0/s1. The fourth-order valence-electron chi connectivity index (χ4n) is 3.20. The molecule has 1 atom stereocenters. The summed E-state index contributed by atoms with van der Waals surface area (Å²) in [6.45, 7) is 4.00. The average molecular weight is 437 g/mol. The summed E-state index contributed by atoms with van der Waals surface area (Å²) in [6, 6.07) is 11.0. The van der Waals surface area contributed by atoms with E-state index in [0.29, 0.717) is 5.69 Å². The monoisotopic (exact) mass is 436 g/mol. The van der Waals surface area contributed by atoms with Gasteiger partial charge in [0, 0.05) is 11.7 Å². The van der Waals surface area contributed by atoms with Crippen molar-refractivity contribution in [3.63, 3.8) is 0 Å². The van der Waals surface area contributed by atoms with E-state index >= 15 is 0 Å². The Balaban J connectivity index is 1.61. The lowest BCUT2D eigenvalue weighted by Crippen LogP contribution is -2.35. The lowest BCUT2D eigenvalue weighted by molar-refractivity contribution is -0.115. The largest absolute Gasteiger partial charge is 0.326 e. The Morgan fingerprint density at radius 2 is 1.76 bits per heavy atom. The molecule has 1 aliphatic rings. The number of sulfonamides is 1. The second kappa shape index (κ2) is 8.25. The highest BCUT2D eigenvalue weighted by Gasteiger charge is 2.31. The fourth-order valence-corrected chi connectivity index (χ4v) is 6.25. The number of hydrogen-bond donors (Lipinski definition) is 2. The Labute approximate surface area is 171 Å². The molecule has 0 unspecified atom stereocenters. The zero-order valence-corrected chi connectivity index (χ0v) is 17.9. The van der Waals surface area contributed by atoms with Crippen LogP contribution in [0.2, 0.25) is 0 Å². The maximum Gasteiger partial charge on any atom is 0.240 e. The molecule has 1 saturated heterocycles. The summed E-state index contributed by atoms with van der Waals surface area (Å²) in [5.41, 5.74) is 3.67. The zero-order chi connectivity index (χ0) is 21.2. The van der Waals surface area contributed by atoms with Crippen LogP contribution in [0, 0.1) is 13.8 Å². The summed E-state index contributed by atoms with van der Waals surface area (Å²) >= 11 is 0. The predicted molar refractivity (Wildman–Crippen MR) is 112 cm³/mol. The molecule has 29 heavy (non-hydrogen) atoms. The van der Waals surface area contributed by atoms with Crippen molar-refractivity contribution in [3.8, 4) is 0 Å². The molecule has 7 nitrogen and oxygen atoms in total. The van der Waals surface area contributed by atoms with Gasteiger partial charge in [-0.25, -0.2) is 21.6 Å². The minimum absolute atomic E-state index is 0.00827. The second-order valence-electron chi connectivity index (χ2n) is 7.39. The van der Waals surface area contributed by atoms with Gasteiger partial charge >= 0.3 is 0 Å². The van der Waals surface area contributed by atoms with E-state index in [2.05, 4.69) is 10.0 Å². The molecule has 1 fully saturated rings. The summed E-state index contributed by atoms with van der Waals surface area (Å²) in [7, 11) is -7.00. The molecule has 0 bridgehead atoms. The quantitative estimate of drug-likeness (QED) is 0.719. The fraction of sp³-hybridized carbons (Fsp3) is 0.350. The number of aryl methyl sites for hydroxylation is 2. The highest BCUT2D eigenvalue weighted by atomic mass is 32.2. The second-order valence-corrected chi connectivity index (χ2v) is 11.3. The number of hydrogen-bond acceptors (Lipinski definition) is 5. The number of nitrogens with one attached hydrogen (secondary N) is 2. The van der Waals surface area contributed by atoms with E-state index < -0.39 is 25.9 Å². The molecule has 156 valence electrons. The van der Waals surface area contributed by atoms with Crippen molar-refractivity contribution < 1.29 is 21.6 Å². The molecule has 1 amide bonds.